The van der Waals surface area contributed by atoms with Gasteiger partial charge in [-0.1, -0.05) is 12.1 Å². The van der Waals surface area contributed by atoms with Crippen molar-refractivity contribution in [1.29, 1.82) is 0 Å². The number of nitrogens with zero attached hydrogens (tertiary/aromatic N) is 1. The molecule has 3 aliphatic rings. The van der Waals surface area contributed by atoms with Crippen molar-refractivity contribution in [3.8, 4) is 11.5 Å². The second-order valence-corrected chi connectivity index (χ2v) is 5.65. The molecular formula is C15H15F2NO3. The maximum Gasteiger partial charge on any atom is 0.586 e. The quantitative estimate of drug-likeness (QED) is 0.796. The second kappa shape index (κ2) is 4.42. The number of morpholine rings is 1. The summed E-state index contributed by atoms with van der Waals surface area (Å²) in [6.45, 7) is 1.37. The van der Waals surface area contributed by atoms with Crippen LogP contribution in [0, 0.1) is 0 Å². The fraction of sp³-hybridized carbons (Fsp3) is 0.467. The summed E-state index contributed by atoms with van der Waals surface area (Å²) in [6.07, 6.45) is -0.582. The number of likely N-dealkylation sites (N-methyl/N-ethyl adjacent to an activating group) is 1. The molecule has 0 aliphatic carbocycles. The van der Waals surface area contributed by atoms with Gasteiger partial charge in [-0.05, 0) is 36.7 Å². The van der Waals surface area contributed by atoms with Crippen molar-refractivity contribution < 1.29 is 23.0 Å². The monoisotopic (exact) mass is 295 g/mol. The van der Waals surface area contributed by atoms with Crippen molar-refractivity contribution in [3.63, 3.8) is 0 Å². The normalized spacial score (nSPS) is 30.1. The molecule has 21 heavy (non-hydrogen) atoms. The Bertz CT molecular complexity index is 617. The van der Waals surface area contributed by atoms with E-state index in [-0.39, 0.29) is 17.5 Å². The first-order valence-corrected chi connectivity index (χ1v) is 6.92. The Morgan fingerprint density at radius 2 is 2.00 bits per heavy atom. The molecule has 0 aromatic heterocycles. The Hall–Kier alpha value is -1.66. The molecule has 0 spiro atoms. The minimum atomic E-state index is -3.56. The van der Waals surface area contributed by atoms with Crippen LogP contribution in [-0.2, 0) is 4.74 Å². The SMILES string of the molecule is CN1C2C=C(c3ccc4c(c3)OC(F)(F)O4)CC1COC2. The fourth-order valence-corrected chi connectivity index (χ4v) is 3.12. The highest BCUT2D eigenvalue weighted by Crippen LogP contribution is 2.43. The van der Waals surface area contributed by atoms with Gasteiger partial charge in [-0.25, -0.2) is 0 Å². The van der Waals surface area contributed by atoms with Gasteiger partial charge in [0.15, 0.2) is 11.5 Å². The summed E-state index contributed by atoms with van der Waals surface area (Å²) in [7, 11) is 2.09. The summed E-state index contributed by atoms with van der Waals surface area (Å²) in [5.41, 5.74) is 2.05. The van der Waals surface area contributed by atoms with E-state index in [1.54, 1.807) is 12.1 Å². The van der Waals surface area contributed by atoms with Gasteiger partial charge in [0, 0.05) is 6.04 Å². The largest absolute Gasteiger partial charge is 0.586 e. The average molecular weight is 295 g/mol. The summed E-state index contributed by atoms with van der Waals surface area (Å²) in [4.78, 5) is 2.30. The Morgan fingerprint density at radius 1 is 1.19 bits per heavy atom. The average Bonchev–Trinajstić information content (AvgIpc) is 2.71. The van der Waals surface area contributed by atoms with Gasteiger partial charge in [0.1, 0.15) is 0 Å². The zero-order valence-electron chi connectivity index (χ0n) is 11.5. The first-order valence-electron chi connectivity index (χ1n) is 6.92. The van der Waals surface area contributed by atoms with Crippen molar-refractivity contribution in [1.82, 2.24) is 4.90 Å². The van der Waals surface area contributed by atoms with Crippen LogP contribution in [0.15, 0.2) is 24.3 Å². The molecule has 2 unspecified atom stereocenters. The molecule has 0 N–H and O–H groups in total. The molecule has 1 saturated heterocycles. The van der Waals surface area contributed by atoms with E-state index in [2.05, 4.69) is 27.5 Å². The summed E-state index contributed by atoms with van der Waals surface area (Å²) in [5, 5.41) is 0. The molecule has 0 saturated carbocycles. The van der Waals surface area contributed by atoms with Gasteiger partial charge in [-0.2, -0.15) is 0 Å². The van der Waals surface area contributed by atoms with Crippen LogP contribution in [0.5, 0.6) is 11.5 Å². The fourth-order valence-electron chi connectivity index (χ4n) is 3.12. The van der Waals surface area contributed by atoms with Crippen LogP contribution >= 0.6 is 0 Å². The van der Waals surface area contributed by atoms with Gasteiger partial charge in [0.25, 0.3) is 0 Å². The highest BCUT2D eigenvalue weighted by molar-refractivity contribution is 5.70. The van der Waals surface area contributed by atoms with Crippen molar-refractivity contribution in [2.24, 2.45) is 0 Å². The predicted octanol–water partition coefficient (Wildman–Crippen LogP) is 2.49. The zero-order chi connectivity index (χ0) is 14.6. The molecule has 0 amide bonds. The van der Waals surface area contributed by atoms with Crippen molar-refractivity contribution in [2.45, 2.75) is 24.8 Å². The Morgan fingerprint density at radius 3 is 2.81 bits per heavy atom. The van der Waals surface area contributed by atoms with Gasteiger partial charge in [-0.15, -0.1) is 8.78 Å². The molecule has 3 aliphatic heterocycles. The number of halogens is 2. The lowest BCUT2D eigenvalue weighted by atomic mass is 9.90. The van der Waals surface area contributed by atoms with E-state index >= 15 is 0 Å². The van der Waals surface area contributed by atoms with E-state index in [0.717, 1.165) is 17.6 Å². The number of ether oxygens (including phenoxy) is 3. The number of rotatable bonds is 1. The van der Waals surface area contributed by atoms with Gasteiger partial charge in [-0.3, -0.25) is 4.90 Å². The van der Waals surface area contributed by atoms with Gasteiger partial charge in [0.2, 0.25) is 0 Å². The molecular weight excluding hydrogens is 280 g/mol. The van der Waals surface area contributed by atoms with Gasteiger partial charge >= 0.3 is 6.29 Å². The maximum absolute atomic E-state index is 13.1. The lowest BCUT2D eigenvalue weighted by molar-refractivity contribution is -0.286. The summed E-state index contributed by atoms with van der Waals surface area (Å²) >= 11 is 0. The van der Waals surface area contributed by atoms with E-state index in [1.807, 2.05) is 0 Å². The molecule has 0 radical (unpaired) electrons. The van der Waals surface area contributed by atoms with Crippen molar-refractivity contribution in [3.05, 3.63) is 29.8 Å². The lowest BCUT2D eigenvalue weighted by Crippen LogP contribution is -2.51. The minimum absolute atomic E-state index is 0.0841. The highest BCUT2D eigenvalue weighted by Gasteiger charge is 2.43. The topological polar surface area (TPSA) is 30.9 Å². The molecule has 1 aromatic rings. The first kappa shape index (κ1) is 13.0. The molecule has 1 aromatic carbocycles. The third-order valence-electron chi connectivity index (χ3n) is 4.32. The van der Waals surface area contributed by atoms with Crippen LogP contribution in [0.3, 0.4) is 0 Å². The number of fused-ring (bicyclic) bond motifs is 3. The third-order valence-corrected chi connectivity index (χ3v) is 4.32. The standard InChI is InChI=1S/C15H15F2NO3/c1-18-11-4-10(5-12(18)8-19-7-11)9-2-3-13-14(6-9)21-15(16,17)20-13/h2-4,6,11-12H,5,7-8H2,1H3. The van der Waals surface area contributed by atoms with Crippen LogP contribution in [-0.4, -0.2) is 43.5 Å². The van der Waals surface area contributed by atoms with Crippen molar-refractivity contribution in [2.75, 3.05) is 20.3 Å². The number of benzene rings is 1. The molecule has 112 valence electrons. The van der Waals surface area contributed by atoms with Gasteiger partial charge < -0.3 is 14.2 Å². The van der Waals surface area contributed by atoms with E-state index < -0.39 is 6.29 Å². The maximum atomic E-state index is 13.1. The van der Waals surface area contributed by atoms with E-state index in [9.17, 15) is 8.78 Å². The highest BCUT2D eigenvalue weighted by atomic mass is 19.3. The smallest absolute Gasteiger partial charge is 0.395 e. The van der Waals surface area contributed by atoms with Crippen LogP contribution < -0.4 is 9.47 Å². The molecule has 2 atom stereocenters. The second-order valence-electron chi connectivity index (χ2n) is 5.65. The number of hydrogen-bond acceptors (Lipinski definition) is 4. The summed E-state index contributed by atoms with van der Waals surface area (Å²) in [5.74, 6) is 0.180. The minimum Gasteiger partial charge on any atom is -0.395 e. The third kappa shape index (κ3) is 2.18. The van der Waals surface area contributed by atoms with E-state index in [4.69, 9.17) is 4.74 Å². The van der Waals surface area contributed by atoms with Crippen LogP contribution in [0.2, 0.25) is 0 Å². The molecule has 4 rings (SSSR count). The zero-order valence-corrected chi connectivity index (χ0v) is 11.5. The van der Waals surface area contributed by atoms with Crippen LogP contribution in [0.4, 0.5) is 8.78 Å². The number of alkyl halides is 2. The summed E-state index contributed by atoms with van der Waals surface area (Å²) in [6, 6.07) is 5.54. The van der Waals surface area contributed by atoms with Gasteiger partial charge in [0.05, 0.1) is 19.3 Å². The van der Waals surface area contributed by atoms with Crippen LogP contribution in [0.25, 0.3) is 5.57 Å². The molecule has 4 nitrogen and oxygen atoms in total. The lowest BCUT2D eigenvalue weighted by Gasteiger charge is -2.42. The van der Waals surface area contributed by atoms with Crippen molar-refractivity contribution >= 4 is 5.57 Å². The first-order chi connectivity index (χ1) is 10.0. The molecule has 2 bridgehead atoms. The summed E-state index contributed by atoms with van der Waals surface area (Å²) < 4.78 is 40.6. The predicted molar refractivity (Wildman–Crippen MR) is 71.4 cm³/mol. The Balaban J connectivity index is 1.66. The Kier molecular flexibility index (Phi) is 2.74. The van der Waals surface area contributed by atoms with E-state index in [0.29, 0.717) is 19.3 Å². The molecule has 3 heterocycles. The number of hydrogen-bond donors (Lipinski definition) is 0. The van der Waals surface area contributed by atoms with Crippen LogP contribution in [0.1, 0.15) is 12.0 Å². The molecule has 1 fully saturated rings. The molecule has 6 heteroatoms. The van der Waals surface area contributed by atoms with E-state index in [1.165, 1.54) is 6.07 Å². The Labute approximate surface area is 120 Å².